The number of rotatable bonds is 5. The zero-order valence-corrected chi connectivity index (χ0v) is 11.9. The van der Waals surface area contributed by atoms with Crippen LogP contribution in [0.2, 0.25) is 0 Å². The number of nitrogens with one attached hydrogen (secondary N) is 1. The molecule has 4 nitrogen and oxygen atoms in total. The quantitative estimate of drug-likeness (QED) is 0.908. The van der Waals surface area contributed by atoms with Crippen molar-refractivity contribution in [3.8, 4) is 0 Å². The Hall–Kier alpha value is -2.10. The van der Waals surface area contributed by atoms with Crippen molar-refractivity contribution in [1.82, 2.24) is 9.88 Å². The first-order valence-electron chi connectivity index (χ1n) is 6.99. The van der Waals surface area contributed by atoms with Crippen molar-refractivity contribution in [1.29, 1.82) is 0 Å². The van der Waals surface area contributed by atoms with Gasteiger partial charge in [-0.25, -0.2) is 0 Å². The third-order valence-electron chi connectivity index (χ3n) is 3.33. The normalized spacial score (nSPS) is 12.3. The minimum Gasteiger partial charge on any atom is -0.352 e. The molecule has 1 aromatic carbocycles. The van der Waals surface area contributed by atoms with Gasteiger partial charge < -0.3 is 9.88 Å². The first-order valence-corrected chi connectivity index (χ1v) is 6.99. The van der Waals surface area contributed by atoms with E-state index in [0.29, 0.717) is 5.39 Å². The van der Waals surface area contributed by atoms with Gasteiger partial charge in [0.2, 0.25) is 5.91 Å². The first kappa shape index (κ1) is 14.3. The average Bonchev–Trinajstić information content (AvgIpc) is 2.42. The molecule has 0 unspecified atom stereocenters. The van der Waals surface area contributed by atoms with Gasteiger partial charge in [-0.2, -0.15) is 0 Å². The van der Waals surface area contributed by atoms with Crippen LogP contribution in [-0.2, 0) is 11.3 Å². The van der Waals surface area contributed by atoms with Crippen LogP contribution in [0.3, 0.4) is 0 Å². The van der Waals surface area contributed by atoms with Crippen molar-refractivity contribution in [3.05, 3.63) is 46.8 Å². The van der Waals surface area contributed by atoms with E-state index in [1.807, 2.05) is 29.7 Å². The number of para-hydroxylation sites is 1. The molecule has 20 heavy (non-hydrogen) atoms. The minimum absolute atomic E-state index is 0.0170. The van der Waals surface area contributed by atoms with Crippen molar-refractivity contribution in [2.45, 2.75) is 39.3 Å². The van der Waals surface area contributed by atoms with Gasteiger partial charge in [-0.15, -0.1) is 0 Å². The number of carbonyl (C=O) groups is 1. The highest BCUT2D eigenvalue weighted by molar-refractivity contribution is 5.82. The predicted octanol–water partition coefficient (Wildman–Crippen LogP) is 2.31. The maximum Gasteiger partial charge on any atom is 0.240 e. The van der Waals surface area contributed by atoms with Gasteiger partial charge in [0.15, 0.2) is 5.43 Å². The Bertz CT molecular complexity index is 661. The summed E-state index contributed by atoms with van der Waals surface area (Å²) in [5, 5.41) is 3.61. The lowest BCUT2D eigenvalue weighted by molar-refractivity contribution is -0.122. The lowest BCUT2D eigenvalue weighted by Crippen LogP contribution is -2.35. The summed E-state index contributed by atoms with van der Waals surface area (Å²) in [7, 11) is 0. The molecule has 2 rings (SSSR count). The summed E-state index contributed by atoms with van der Waals surface area (Å²) in [6.45, 7) is 4.33. The smallest absolute Gasteiger partial charge is 0.240 e. The van der Waals surface area contributed by atoms with Crippen LogP contribution in [0.5, 0.6) is 0 Å². The first-order chi connectivity index (χ1) is 9.61. The molecule has 0 aliphatic carbocycles. The van der Waals surface area contributed by atoms with Gasteiger partial charge in [0.25, 0.3) is 0 Å². The summed E-state index contributed by atoms with van der Waals surface area (Å²) in [5.74, 6) is -0.0280. The molecule has 0 aliphatic rings. The van der Waals surface area contributed by atoms with E-state index in [4.69, 9.17) is 0 Å². The second kappa shape index (κ2) is 6.37. The SMILES string of the molecule is CCC[C@H](C)NC(=O)Cn1ccc(=O)c2ccccc21. The number of benzene rings is 1. The maximum absolute atomic E-state index is 12.0. The number of aromatic nitrogens is 1. The Morgan fingerprint density at radius 2 is 2.05 bits per heavy atom. The van der Waals surface area contributed by atoms with Crippen molar-refractivity contribution >= 4 is 16.8 Å². The Balaban J connectivity index is 2.20. The summed E-state index contributed by atoms with van der Waals surface area (Å²) < 4.78 is 1.81. The lowest BCUT2D eigenvalue weighted by Gasteiger charge is -2.15. The van der Waals surface area contributed by atoms with Crippen LogP contribution in [0.25, 0.3) is 10.9 Å². The van der Waals surface area contributed by atoms with Gasteiger partial charge in [0, 0.05) is 23.7 Å². The highest BCUT2D eigenvalue weighted by Crippen LogP contribution is 2.09. The second-order valence-corrected chi connectivity index (χ2v) is 5.08. The highest BCUT2D eigenvalue weighted by Gasteiger charge is 2.09. The number of hydrogen-bond donors (Lipinski definition) is 1. The molecular weight excluding hydrogens is 252 g/mol. The van der Waals surface area contributed by atoms with Crippen LogP contribution < -0.4 is 10.7 Å². The summed E-state index contributed by atoms with van der Waals surface area (Å²) in [6.07, 6.45) is 3.69. The molecule has 0 bridgehead atoms. The minimum atomic E-state index is -0.0280. The molecule has 1 N–H and O–H groups in total. The zero-order valence-electron chi connectivity index (χ0n) is 11.9. The van der Waals surface area contributed by atoms with Crippen molar-refractivity contribution in [2.24, 2.45) is 0 Å². The molecule has 1 amide bonds. The highest BCUT2D eigenvalue weighted by atomic mass is 16.2. The van der Waals surface area contributed by atoms with E-state index in [2.05, 4.69) is 12.2 Å². The van der Waals surface area contributed by atoms with Gasteiger partial charge in [0.1, 0.15) is 6.54 Å². The van der Waals surface area contributed by atoms with E-state index in [-0.39, 0.29) is 23.9 Å². The van der Waals surface area contributed by atoms with E-state index < -0.39 is 0 Å². The summed E-state index contributed by atoms with van der Waals surface area (Å²) in [5.41, 5.74) is 0.773. The predicted molar refractivity (Wildman–Crippen MR) is 80.7 cm³/mol. The van der Waals surface area contributed by atoms with Crippen LogP contribution in [0.15, 0.2) is 41.3 Å². The largest absolute Gasteiger partial charge is 0.352 e. The fraction of sp³-hybridized carbons (Fsp3) is 0.375. The monoisotopic (exact) mass is 272 g/mol. The summed E-state index contributed by atoms with van der Waals surface area (Å²) in [4.78, 5) is 23.8. The van der Waals surface area contributed by atoms with Crippen molar-refractivity contribution in [2.75, 3.05) is 0 Å². The molecule has 0 radical (unpaired) electrons. The molecule has 2 aromatic rings. The number of pyridine rings is 1. The van der Waals surface area contributed by atoms with E-state index in [0.717, 1.165) is 18.4 Å². The molecule has 0 aliphatic heterocycles. The molecule has 0 saturated carbocycles. The topological polar surface area (TPSA) is 51.1 Å². The Morgan fingerprint density at radius 1 is 1.30 bits per heavy atom. The fourth-order valence-corrected chi connectivity index (χ4v) is 2.38. The van der Waals surface area contributed by atoms with E-state index >= 15 is 0 Å². The molecule has 106 valence electrons. The van der Waals surface area contributed by atoms with Crippen LogP contribution >= 0.6 is 0 Å². The van der Waals surface area contributed by atoms with Crippen LogP contribution in [0.1, 0.15) is 26.7 Å². The van der Waals surface area contributed by atoms with Crippen LogP contribution in [0.4, 0.5) is 0 Å². The van der Waals surface area contributed by atoms with Crippen LogP contribution in [0, 0.1) is 0 Å². The molecular formula is C16H20N2O2. The number of amides is 1. The maximum atomic E-state index is 12.0. The molecule has 4 heteroatoms. The van der Waals surface area contributed by atoms with Gasteiger partial charge in [-0.1, -0.05) is 25.5 Å². The average molecular weight is 272 g/mol. The molecule has 1 atom stereocenters. The third kappa shape index (κ3) is 3.26. The van der Waals surface area contributed by atoms with E-state index in [9.17, 15) is 9.59 Å². The van der Waals surface area contributed by atoms with E-state index in [1.54, 1.807) is 12.3 Å². The molecule has 0 fully saturated rings. The van der Waals surface area contributed by atoms with Gasteiger partial charge in [-0.3, -0.25) is 9.59 Å². The molecule has 0 spiro atoms. The number of fused-ring (bicyclic) bond motifs is 1. The molecule has 1 heterocycles. The van der Waals surface area contributed by atoms with Gasteiger partial charge >= 0.3 is 0 Å². The van der Waals surface area contributed by atoms with Crippen molar-refractivity contribution < 1.29 is 4.79 Å². The van der Waals surface area contributed by atoms with Crippen LogP contribution in [-0.4, -0.2) is 16.5 Å². The Kier molecular flexibility index (Phi) is 4.56. The number of carbonyl (C=O) groups excluding carboxylic acids is 1. The van der Waals surface area contributed by atoms with E-state index in [1.165, 1.54) is 6.07 Å². The fourth-order valence-electron chi connectivity index (χ4n) is 2.38. The summed E-state index contributed by atoms with van der Waals surface area (Å²) in [6, 6.07) is 9.03. The van der Waals surface area contributed by atoms with Gasteiger partial charge in [-0.05, 0) is 25.5 Å². The summed E-state index contributed by atoms with van der Waals surface area (Å²) >= 11 is 0. The van der Waals surface area contributed by atoms with Crippen molar-refractivity contribution in [3.63, 3.8) is 0 Å². The number of hydrogen-bond acceptors (Lipinski definition) is 2. The molecule has 0 saturated heterocycles. The lowest BCUT2D eigenvalue weighted by atomic mass is 10.2. The second-order valence-electron chi connectivity index (χ2n) is 5.08. The molecule has 1 aromatic heterocycles. The standard InChI is InChI=1S/C16H20N2O2/c1-3-6-12(2)17-16(20)11-18-10-9-15(19)13-7-4-5-8-14(13)18/h4-5,7-10,12H,3,6,11H2,1-2H3,(H,17,20)/t12-/m0/s1. The number of nitrogens with zero attached hydrogens (tertiary/aromatic N) is 1. The zero-order chi connectivity index (χ0) is 14.5. The van der Waals surface area contributed by atoms with Gasteiger partial charge in [0.05, 0.1) is 5.52 Å². The third-order valence-corrected chi connectivity index (χ3v) is 3.33. The Morgan fingerprint density at radius 3 is 2.80 bits per heavy atom. The Labute approximate surface area is 118 Å².